The largest absolute Gasteiger partial charge is 0.457 e. The molecule has 0 aliphatic heterocycles. The van der Waals surface area contributed by atoms with Gasteiger partial charge in [-0.25, -0.2) is 0 Å². The van der Waals surface area contributed by atoms with Crippen LogP contribution in [-0.2, 0) is 28.6 Å². The molecule has 23 heavy (non-hydrogen) atoms. The highest BCUT2D eigenvalue weighted by Gasteiger charge is 2.35. The lowest BCUT2D eigenvalue weighted by atomic mass is 9.84. The Kier molecular flexibility index (Phi) is 8.02. The zero-order valence-electron chi connectivity index (χ0n) is 14.0. The molecule has 1 aliphatic rings. The van der Waals surface area contributed by atoms with Crippen LogP contribution in [0.15, 0.2) is 0 Å². The lowest BCUT2D eigenvalue weighted by Crippen LogP contribution is -2.44. The molecule has 0 spiro atoms. The van der Waals surface area contributed by atoms with Gasteiger partial charge in [-0.05, 0) is 32.1 Å². The van der Waals surface area contributed by atoms with Crippen LogP contribution in [0.5, 0.6) is 0 Å². The maximum atomic E-state index is 12.0. The van der Waals surface area contributed by atoms with E-state index in [4.69, 9.17) is 19.9 Å². The van der Waals surface area contributed by atoms with Crippen LogP contribution in [0.1, 0.15) is 65.2 Å². The van der Waals surface area contributed by atoms with Gasteiger partial charge < -0.3 is 19.9 Å². The van der Waals surface area contributed by atoms with E-state index in [1.54, 1.807) is 0 Å². The molecule has 1 unspecified atom stereocenters. The highest BCUT2D eigenvalue weighted by molar-refractivity contribution is 5.91. The average Bonchev–Trinajstić information content (AvgIpc) is 2.47. The fourth-order valence-electron chi connectivity index (χ4n) is 2.69. The molecule has 132 valence electrons. The molecule has 1 aliphatic carbocycles. The van der Waals surface area contributed by atoms with Crippen molar-refractivity contribution >= 4 is 17.9 Å². The number of ether oxygens (including phenoxy) is 3. The fourth-order valence-corrected chi connectivity index (χ4v) is 2.69. The molecular weight excluding hydrogens is 302 g/mol. The first-order valence-corrected chi connectivity index (χ1v) is 8.19. The molecule has 0 aromatic rings. The Morgan fingerprint density at radius 1 is 1.09 bits per heavy atom. The molecule has 7 heteroatoms. The second kappa shape index (κ2) is 9.50. The Labute approximate surface area is 136 Å². The summed E-state index contributed by atoms with van der Waals surface area (Å²) in [4.78, 5) is 34.7. The van der Waals surface area contributed by atoms with Crippen molar-refractivity contribution in [3.8, 4) is 0 Å². The second-order valence-corrected chi connectivity index (χ2v) is 5.92. The normalized spacial score (nSPS) is 17.9. The van der Waals surface area contributed by atoms with E-state index < -0.39 is 36.2 Å². The van der Waals surface area contributed by atoms with E-state index >= 15 is 0 Å². The number of carbonyl (C=O) groups is 3. The first kappa shape index (κ1) is 19.4. The van der Waals surface area contributed by atoms with Gasteiger partial charge in [0.05, 0.1) is 0 Å². The Balaban J connectivity index is 2.48. The lowest BCUT2D eigenvalue weighted by molar-refractivity contribution is -0.189. The van der Waals surface area contributed by atoms with Crippen LogP contribution >= 0.6 is 0 Å². The molecule has 0 amide bonds. The van der Waals surface area contributed by atoms with Crippen molar-refractivity contribution in [2.24, 2.45) is 5.73 Å². The quantitative estimate of drug-likeness (QED) is 0.411. The van der Waals surface area contributed by atoms with Crippen LogP contribution in [0.3, 0.4) is 0 Å². The summed E-state index contributed by atoms with van der Waals surface area (Å²) in [5.41, 5.74) is 5.08. The zero-order chi connectivity index (χ0) is 17.3. The Morgan fingerprint density at radius 2 is 1.74 bits per heavy atom. The van der Waals surface area contributed by atoms with Gasteiger partial charge in [-0.1, -0.05) is 13.3 Å². The monoisotopic (exact) mass is 329 g/mol. The number of hydrogen-bond acceptors (Lipinski definition) is 7. The molecule has 0 bridgehead atoms. The van der Waals surface area contributed by atoms with E-state index in [0.717, 1.165) is 32.1 Å². The van der Waals surface area contributed by atoms with Gasteiger partial charge in [0.1, 0.15) is 12.0 Å². The van der Waals surface area contributed by atoms with Crippen molar-refractivity contribution in [2.75, 3.05) is 6.54 Å². The van der Waals surface area contributed by atoms with Crippen molar-refractivity contribution in [3.63, 3.8) is 0 Å². The number of esters is 3. The SMILES string of the molecule is CCCC(OC(C)=O)OC(=O)CC(=O)OC1(CN)CCCCC1. The van der Waals surface area contributed by atoms with Crippen LogP contribution in [0.4, 0.5) is 0 Å². The molecule has 0 aromatic carbocycles. The maximum absolute atomic E-state index is 12.0. The third-order valence-electron chi connectivity index (χ3n) is 3.84. The predicted octanol–water partition coefficient (Wildman–Crippen LogP) is 1.81. The minimum atomic E-state index is -0.962. The van der Waals surface area contributed by atoms with E-state index in [9.17, 15) is 14.4 Å². The summed E-state index contributed by atoms with van der Waals surface area (Å²) in [5, 5.41) is 0. The van der Waals surface area contributed by atoms with Crippen LogP contribution in [-0.4, -0.2) is 36.3 Å². The topological polar surface area (TPSA) is 105 Å². The molecule has 0 radical (unpaired) electrons. The van der Waals surface area contributed by atoms with Crippen molar-refractivity contribution in [2.45, 2.75) is 77.1 Å². The highest BCUT2D eigenvalue weighted by Crippen LogP contribution is 2.31. The molecule has 7 nitrogen and oxygen atoms in total. The molecule has 1 fully saturated rings. The number of carbonyl (C=O) groups excluding carboxylic acids is 3. The molecule has 1 rings (SSSR count). The standard InChI is InChI=1S/C16H27NO6/c1-3-7-15(21-12(2)18)22-13(19)10-14(20)23-16(11-17)8-5-4-6-9-16/h15H,3-11,17H2,1-2H3. The molecule has 1 atom stereocenters. The average molecular weight is 329 g/mol. The van der Waals surface area contributed by atoms with Gasteiger partial charge in [0, 0.05) is 19.9 Å². The van der Waals surface area contributed by atoms with Gasteiger partial charge in [-0.15, -0.1) is 0 Å². The van der Waals surface area contributed by atoms with E-state index in [0.29, 0.717) is 12.8 Å². The van der Waals surface area contributed by atoms with Crippen molar-refractivity contribution < 1.29 is 28.6 Å². The summed E-state index contributed by atoms with van der Waals surface area (Å²) < 4.78 is 15.3. The van der Waals surface area contributed by atoms with Crippen LogP contribution in [0.25, 0.3) is 0 Å². The van der Waals surface area contributed by atoms with E-state index in [1.165, 1.54) is 6.92 Å². The van der Waals surface area contributed by atoms with Crippen LogP contribution < -0.4 is 5.73 Å². The van der Waals surface area contributed by atoms with Gasteiger partial charge in [0.15, 0.2) is 0 Å². The fraction of sp³-hybridized carbons (Fsp3) is 0.812. The maximum Gasteiger partial charge on any atom is 0.320 e. The molecule has 0 aromatic heterocycles. The Hall–Kier alpha value is -1.63. The summed E-state index contributed by atoms with van der Waals surface area (Å²) in [6.45, 7) is 3.35. The van der Waals surface area contributed by atoms with Crippen LogP contribution in [0, 0.1) is 0 Å². The molecular formula is C16H27NO6. The van der Waals surface area contributed by atoms with Crippen molar-refractivity contribution in [3.05, 3.63) is 0 Å². The predicted molar refractivity (Wildman–Crippen MR) is 82.1 cm³/mol. The van der Waals surface area contributed by atoms with E-state index in [-0.39, 0.29) is 6.54 Å². The minimum absolute atomic E-state index is 0.250. The van der Waals surface area contributed by atoms with Gasteiger partial charge in [0.2, 0.25) is 6.29 Å². The van der Waals surface area contributed by atoms with E-state index in [1.807, 2.05) is 6.92 Å². The van der Waals surface area contributed by atoms with Gasteiger partial charge >= 0.3 is 17.9 Å². The molecule has 0 heterocycles. The Morgan fingerprint density at radius 3 is 2.26 bits per heavy atom. The highest BCUT2D eigenvalue weighted by atomic mass is 16.7. The number of hydrogen-bond donors (Lipinski definition) is 1. The molecule has 2 N–H and O–H groups in total. The lowest BCUT2D eigenvalue weighted by Gasteiger charge is -2.35. The van der Waals surface area contributed by atoms with Crippen molar-refractivity contribution in [1.82, 2.24) is 0 Å². The summed E-state index contributed by atoms with van der Waals surface area (Å²) >= 11 is 0. The molecule has 0 saturated heterocycles. The summed E-state index contributed by atoms with van der Waals surface area (Å²) in [6.07, 6.45) is 4.03. The molecule has 1 saturated carbocycles. The Bertz CT molecular complexity index is 417. The van der Waals surface area contributed by atoms with Gasteiger partial charge in [-0.2, -0.15) is 0 Å². The first-order chi connectivity index (χ1) is 10.9. The van der Waals surface area contributed by atoms with Crippen molar-refractivity contribution in [1.29, 1.82) is 0 Å². The first-order valence-electron chi connectivity index (χ1n) is 8.19. The summed E-state index contributed by atoms with van der Waals surface area (Å²) in [5.74, 6) is -1.96. The number of rotatable bonds is 8. The zero-order valence-corrected chi connectivity index (χ0v) is 14.0. The smallest absolute Gasteiger partial charge is 0.320 e. The van der Waals surface area contributed by atoms with Gasteiger partial charge in [0.25, 0.3) is 0 Å². The summed E-state index contributed by atoms with van der Waals surface area (Å²) in [7, 11) is 0. The van der Waals surface area contributed by atoms with E-state index in [2.05, 4.69) is 0 Å². The van der Waals surface area contributed by atoms with Gasteiger partial charge in [-0.3, -0.25) is 14.4 Å². The third kappa shape index (κ3) is 6.99. The summed E-state index contributed by atoms with van der Waals surface area (Å²) in [6, 6.07) is 0. The minimum Gasteiger partial charge on any atom is -0.457 e. The second-order valence-electron chi connectivity index (χ2n) is 5.92. The third-order valence-corrected chi connectivity index (χ3v) is 3.84. The van der Waals surface area contributed by atoms with Crippen LogP contribution in [0.2, 0.25) is 0 Å². The number of nitrogens with two attached hydrogens (primary N) is 1.